The lowest BCUT2D eigenvalue weighted by molar-refractivity contribution is 0.580. The number of nitrogens with one attached hydrogen (secondary N) is 1. The number of hydrogen-bond donors (Lipinski definition) is 1. The summed E-state index contributed by atoms with van der Waals surface area (Å²) < 4.78 is 5.79. The third-order valence-corrected chi connectivity index (χ3v) is 4.00. The molecule has 0 saturated carbocycles. The zero-order valence-electron chi connectivity index (χ0n) is 11.1. The van der Waals surface area contributed by atoms with Crippen LogP contribution in [0, 0.1) is 6.92 Å². The highest BCUT2D eigenvalue weighted by molar-refractivity contribution is 7.13. The van der Waals surface area contributed by atoms with Gasteiger partial charge in [-0.15, -0.1) is 11.3 Å². The topological polar surface area (TPSA) is 38.1 Å². The quantitative estimate of drug-likeness (QED) is 0.781. The molecule has 2 heterocycles. The zero-order chi connectivity index (χ0) is 13.2. The van der Waals surface area contributed by atoms with E-state index in [4.69, 9.17) is 9.40 Å². The molecule has 98 valence electrons. The molecule has 3 rings (SSSR count). The SMILES string of the molecule is CCNCc1csc(-c2c(C)oc3ccccc23)n1. The molecular formula is C15H16N2OS. The molecule has 1 N–H and O–H groups in total. The minimum Gasteiger partial charge on any atom is -0.461 e. The van der Waals surface area contributed by atoms with Crippen molar-refractivity contribution in [1.29, 1.82) is 0 Å². The number of fused-ring (bicyclic) bond motifs is 1. The Balaban J connectivity index is 2.04. The van der Waals surface area contributed by atoms with Gasteiger partial charge in [-0.3, -0.25) is 0 Å². The monoisotopic (exact) mass is 272 g/mol. The lowest BCUT2D eigenvalue weighted by atomic mass is 10.1. The maximum atomic E-state index is 5.79. The Labute approximate surface area is 116 Å². The van der Waals surface area contributed by atoms with Crippen molar-refractivity contribution in [2.24, 2.45) is 0 Å². The first-order valence-corrected chi connectivity index (χ1v) is 7.31. The van der Waals surface area contributed by atoms with E-state index in [-0.39, 0.29) is 0 Å². The molecule has 3 aromatic rings. The Morgan fingerprint density at radius 1 is 1.32 bits per heavy atom. The van der Waals surface area contributed by atoms with Crippen LogP contribution in [-0.2, 0) is 6.54 Å². The average molecular weight is 272 g/mol. The largest absolute Gasteiger partial charge is 0.461 e. The Hall–Kier alpha value is -1.65. The van der Waals surface area contributed by atoms with E-state index in [0.717, 1.165) is 46.1 Å². The van der Waals surface area contributed by atoms with E-state index < -0.39 is 0 Å². The average Bonchev–Trinajstić information content (AvgIpc) is 2.99. The number of aromatic nitrogens is 1. The predicted octanol–water partition coefficient (Wildman–Crippen LogP) is 3.97. The molecule has 2 aromatic heterocycles. The molecule has 0 aliphatic heterocycles. The van der Waals surface area contributed by atoms with Crippen molar-refractivity contribution < 1.29 is 4.42 Å². The van der Waals surface area contributed by atoms with E-state index in [1.54, 1.807) is 11.3 Å². The third kappa shape index (κ3) is 2.29. The Kier molecular flexibility index (Phi) is 3.36. The summed E-state index contributed by atoms with van der Waals surface area (Å²) in [4.78, 5) is 4.70. The Morgan fingerprint density at radius 3 is 3.00 bits per heavy atom. The number of benzene rings is 1. The summed E-state index contributed by atoms with van der Waals surface area (Å²) in [6, 6.07) is 8.12. The highest BCUT2D eigenvalue weighted by atomic mass is 32.1. The summed E-state index contributed by atoms with van der Waals surface area (Å²) in [6.45, 7) is 5.88. The van der Waals surface area contributed by atoms with Gasteiger partial charge in [-0.05, 0) is 19.5 Å². The molecule has 3 nitrogen and oxygen atoms in total. The van der Waals surface area contributed by atoms with Crippen molar-refractivity contribution in [2.45, 2.75) is 20.4 Å². The summed E-state index contributed by atoms with van der Waals surface area (Å²) in [5.74, 6) is 0.936. The van der Waals surface area contributed by atoms with Gasteiger partial charge in [0.1, 0.15) is 16.4 Å². The van der Waals surface area contributed by atoms with Crippen LogP contribution in [0.5, 0.6) is 0 Å². The van der Waals surface area contributed by atoms with Gasteiger partial charge in [-0.2, -0.15) is 0 Å². The van der Waals surface area contributed by atoms with Gasteiger partial charge in [0.05, 0.1) is 11.3 Å². The molecule has 1 aromatic carbocycles. The van der Waals surface area contributed by atoms with E-state index >= 15 is 0 Å². The number of nitrogens with zero attached hydrogens (tertiary/aromatic N) is 1. The van der Waals surface area contributed by atoms with Crippen LogP contribution >= 0.6 is 11.3 Å². The normalized spacial score (nSPS) is 11.3. The maximum absolute atomic E-state index is 5.79. The minimum atomic E-state index is 0.821. The first-order valence-electron chi connectivity index (χ1n) is 6.43. The van der Waals surface area contributed by atoms with Crippen LogP contribution in [0.2, 0.25) is 0 Å². The van der Waals surface area contributed by atoms with E-state index in [9.17, 15) is 0 Å². The Morgan fingerprint density at radius 2 is 2.16 bits per heavy atom. The fourth-order valence-corrected chi connectivity index (χ4v) is 3.11. The number of aryl methyl sites for hydroxylation is 1. The van der Waals surface area contributed by atoms with Gasteiger partial charge in [0.25, 0.3) is 0 Å². The maximum Gasteiger partial charge on any atom is 0.135 e. The lowest BCUT2D eigenvalue weighted by Gasteiger charge is -1.96. The minimum absolute atomic E-state index is 0.821. The zero-order valence-corrected chi connectivity index (χ0v) is 11.9. The predicted molar refractivity (Wildman–Crippen MR) is 79.4 cm³/mol. The number of para-hydroxylation sites is 1. The molecule has 19 heavy (non-hydrogen) atoms. The standard InChI is InChI=1S/C15H16N2OS/c1-3-16-8-11-9-19-15(17-11)14-10(2)18-13-7-5-4-6-12(13)14/h4-7,9,16H,3,8H2,1-2H3. The fraction of sp³-hybridized carbons (Fsp3) is 0.267. The second kappa shape index (κ2) is 5.15. The second-order valence-corrected chi connectivity index (χ2v) is 5.31. The van der Waals surface area contributed by atoms with E-state index in [1.165, 1.54) is 0 Å². The molecule has 0 radical (unpaired) electrons. The Bertz CT molecular complexity index is 699. The highest BCUT2D eigenvalue weighted by Crippen LogP contribution is 2.35. The van der Waals surface area contributed by atoms with Crippen molar-refractivity contribution in [3.8, 4) is 10.6 Å². The molecule has 0 bridgehead atoms. The van der Waals surface area contributed by atoms with Crippen molar-refractivity contribution >= 4 is 22.3 Å². The van der Waals surface area contributed by atoms with Crippen LogP contribution in [0.1, 0.15) is 18.4 Å². The van der Waals surface area contributed by atoms with Crippen LogP contribution in [0.25, 0.3) is 21.5 Å². The first kappa shape index (κ1) is 12.4. The molecular weight excluding hydrogens is 256 g/mol. The van der Waals surface area contributed by atoms with Gasteiger partial charge in [0.15, 0.2) is 0 Å². The molecule has 0 atom stereocenters. The summed E-state index contributed by atoms with van der Waals surface area (Å²) in [7, 11) is 0. The summed E-state index contributed by atoms with van der Waals surface area (Å²) in [5.41, 5.74) is 3.15. The van der Waals surface area contributed by atoms with Gasteiger partial charge in [-0.1, -0.05) is 25.1 Å². The van der Waals surface area contributed by atoms with Crippen LogP contribution in [-0.4, -0.2) is 11.5 Å². The fourth-order valence-electron chi connectivity index (χ4n) is 2.19. The van der Waals surface area contributed by atoms with E-state index in [2.05, 4.69) is 23.7 Å². The number of thiazole rings is 1. The smallest absolute Gasteiger partial charge is 0.135 e. The molecule has 0 unspecified atom stereocenters. The van der Waals surface area contributed by atoms with Crippen LogP contribution in [0.4, 0.5) is 0 Å². The summed E-state index contributed by atoms with van der Waals surface area (Å²) in [6.07, 6.45) is 0. The highest BCUT2D eigenvalue weighted by Gasteiger charge is 2.15. The first-order chi connectivity index (χ1) is 9.29. The van der Waals surface area contributed by atoms with Gasteiger partial charge in [0.2, 0.25) is 0 Å². The van der Waals surface area contributed by atoms with Crippen molar-refractivity contribution in [2.75, 3.05) is 6.54 Å². The van der Waals surface area contributed by atoms with Crippen LogP contribution < -0.4 is 5.32 Å². The molecule has 0 saturated heterocycles. The number of rotatable bonds is 4. The molecule has 0 aliphatic carbocycles. The second-order valence-electron chi connectivity index (χ2n) is 4.45. The molecule has 0 amide bonds. The summed E-state index contributed by atoms with van der Waals surface area (Å²) in [5, 5.41) is 7.59. The van der Waals surface area contributed by atoms with Crippen LogP contribution in [0.3, 0.4) is 0 Å². The molecule has 0 aliphatic rings. The van der Waals surface area contributed by atoms with Gasteiger partial charge < -0.3 is 9.73 Å². The number of hydrogen-bond acceptors (Lipinski definition) is 4. The lowest BCUT2D eigenvalue weighted by Crippen LogP contribution is -2.11. The third-order valence-electron chi connectivity index (χ3n) is 3.09. The van der Waals surface area contributed by atoms with Crippen molar-refractivity contribution in [1.82, 2.24) is 10.3 Å². The van der Waals surface area contributed by atoms with Gasteiger partial charge in [-0.25, -0.2) is 4.98 Å². The molecule has 4 heteroatoms. The molecule has 0 spiro atoms. The summed E-state index contributed by atoms with van der Waals surface area (Å²) >= 11 is 1.68. The van der Waals surface area contributed by atoms with Gasteiger partial charge >= 0.3 is 0 Å². The molecule has 0 fully saturated rings. The van der Waals surface area contributed by atoms with Crippen LogP contribution in [0.15, 0.2) is 34.1 Å². The van der Waals surface area contributed by atoms with Gasteiger partial charge in [0, 0.05) is 17.3 Å². The van der Waals surface area contributed by atoms with E-state index in [1.807, 2.05) is 25.1 Å². The van der Waals surface area contributed by atoms with Crippen molar-refractivity contribution in [3.05, 3.63) is 41.1 Å². The number of furan rings is 1. The van der Waals surface area contributed by atoms with Crippen molar-refractivity contribution in [3.63, 3.8) is 0 Å². The van der Waals surface area contributed by atoms with E-state index in [0.29, 0.717) is 0 Å².